The van der Waals surface area contributed by atoms with Gasteiger partial charge < -0.3 is 15.2 Å². The first kappa shape index (κ1) is 10.1. The summed E-state index contributed by atoms with van der Waals surface area (Å²) >= 11 is 3.11. The predicted molar refractivity (Wildman–Crippen MR) is 51.6 cm³/mol. The van der Waals surface area contributed by atoms with Crippen molar-refractivity contribution in [3.8, 4) is 11.5 Å². The molecule has 0 unspecified atom stereocenters. The van der Waals surface area contributed by atoms with Gasteiger partial charge in [-0.3, -0.25) is 0 Å². The fourth-order valence-electron chi connectivity index (χ4n) is 0.905. The number of nitrogens with two attached hydrogens (primary N) is 1. The normalized spacial score (nSPS) is 9.85. The van der Waals surface area contributed by atoms with E-state index in [-0.39, 0.29) is 11.4 Å². The quantitative estimate of drug-likeness (QED) is 0.818. The number of halogens is 2. The van der Waals surface area contributed by atoms with Crippen LogP contribution < -0.4 is 15.2 Å². The first-order valence-electron chi connectivity index (χ1n) is 3.47. The van der Waals surface area contributed by atoms with E-state index in [0.717, 1.165) is 0 Å². The van der Waals surface area contributed by atoms with Gasteiger partial charge in [0.2, 0.25) is 0 Å². The molecule has 0 aromatic heterocycles. The molecule has 1 rings (SSSR count). The Morgan fingerprint density at radius 1 is 1.31 bits per heavy atom. The van der Waals surface area contributed by atoms with Crippen LogP contribution in [0.5, 0.6) is 11.5 Å². The number of methoxy groups -OCH3 is 2. The van der Waals surface area contributed by atoms with Gasteiger partial charge in [0, 0.05) is 6.07 Å². The Kier molecular flexibility index (Phi) is 2.98. The van der Waals surface area contributed by atoms with Gasteiger partial charge >= 0.3 is 0 Å². The molecule has 1 aromatic rings. The number of hydrogen-bond acceptors (Lipinski definition) is 3. The van der Waals surface area contributed by atoms with Gasteiger partial charge in [-0.15, -0.1) is 0 Å². The van der Waals surface area contributed by atoms with Crippen molar-refractivity contribution in [1.29, 1.82) is 0 Å². The van der Waals surface area contributed by atoms with Crippen LogP contribution >= 0.6 is 15.9 Å². The number of hydrogen-bond donors (Lipinski definition) is 1. The molecule has 0 saturated heterocycles. The summed E-state index contributed by atoms with van der Waals surface area (Å²) in [5.41, 5.74) is 5.44. The molecule has 0 bridgehead atoms. The summed E-state index contributed by atoms with van der Waals surface area (Å²) in [5, 5.41) is 0. The molecule has 0 heterocycles. The molecule has 0 spiro atoms. The molecule has 72 valence electrons. The van der Waals surface area contributed by atoms with Crippen LogP contribution in [0, 0.1) is 5.82 Å². The Labute approximate surface area is 83.8 Å². The molecule has 2 N–H and O–H groups in total. The minimum Gasteiger partial charge on any atom is -0.495 e. The lowest BCUT2D eigenvalue weighted by Gasteiger charge is -2.10. The topological polar surface area (TPSA) is 44.5 Å². The van der Waals surface area contributed by atoms with E-state index < -0.39 is 5.82 Å². The third kappa shape index (κ3) is 1.70. The van der Waals surface area contributed by atoms with Crippen molar-refractivity contribution in [2.45, 2.75) is 0 Å². The van der Waals surface area contributed by atoms with E-state index >= 15 is 0 Å². The highest BCUT2D eigenvalue weighted by Crippen LogP contribution is 2.37. The summed E-state index contributed by atoms with van der Waals surface area (Å²) in [6, 6.07) is 1.43. The molecule has 0 saturated carbocycles. The monoisotopic (exact) mass is 249 g/mol. The molecule has 0 aliphatic rings. The third-order valence-corrected chi connectivity index (χ3v) is 2.43. The molecule has 0 aliphatic carbocycles. The van der Waals surface area contributed by atoms with Gasteiger partial charge in [0.15, 0.2) is 11.6 Å². The first-order valence-corrected chi connectivity index (χ1v) is 4.26. The summed E-state index contributed by atoms with van der Waals surface area (Å²) in [5.74, 6) is -0.0801. The van der Waals surface area contributed by atoms with Crippen molar-refractivity contribution in [2.24, 2.45) is 0 Å². The molecule has 13 heavy (non-hydrogen) atoms. The molecule has 0 radical (unpaired) electrons. The smallest absolute Gasteiger partial charge is 0.189 e. The molecule has 0 amide bonds. The maximum absolute atomic E-state index is 13.2. The highest BCUT2D eigenvalue weighted by atomic mass is 79.9. The molecular weight excluding hydrogens is 241 g/mol. The van der Waals surface area contributed by atoms with E-state index in [1.165, 1.54) is 20.3 Å². The number of rotatable bonds is 2. The van der Waals surface area contributed by atoms with Crippen LogP contribution in [-0.4, -0.2) is 14.2 Å². The Morgan fingerprint density at radius 2 is 1.85 bits per heavy atom. The fourth-order valence-corrected chi connectivity index (χ4v) is 1.36. The van der Waals surface area contributed by atoms with E-state index in [1.807, 2.05) is 0 Å². The van der Waals surface area contributed by atoms with Crippen molar-refractivity contribution >= 4 is 21.6 Å². The zero-order valence-electron chi connectivity index (χ0n) is 7.23. The summed E-state index contributed by atoms with van der Waals surface area (Å²) in [6.07, 6.45) is 0. The average Bonchev–Trinajstić information content (AvgIpc) is 2.15. The Morgan fingerprint density at radius 3 is 2.31 bits per heavy atom. The van der Waals surface area contributed by atoms with Crippen LogP contribution in [0.3, 0.4) is 0 Å². The zero-order chi connectivity index (χ0) is 10.0. The molecule has 3 nitrogen and oxygen atoms in total. The predicted octanol–water partition coefficient (Wildman–Crippen LogP) is 2.19. The lowest BCUT2D eigenvalue weighted by Crippen LogP contribution is -1.98. The zero-order valence-corrected chi connectivity index (χ0v) is 8.81. The number of anilines is 1. The van der Waals surface area contributed by atoms with Crippen LogP contribution in [0.2, 0.25) is 0 Å². The van der Waals surface area contributed by atoms with Gasteiger partial charge in [0.05, 0.1) is 24.4 Å². The summed E-state index contributed by atoms with van der Waals surface area (Å²) in [6.45, 7) is 0. The largest absolute Gasteiger partial charge is 0.495 e. The summed E-state index contributed by atoms with van der Waals surface area (Å²) in [4.78, 5) is 0. The molecule has 0 aliphatic heterocycles. The minimum atomic E-state index is -0.588. The number of ether oxygens (including phenoxy) is 2. The average molecular weight is 250 g/mol. The maximum atomic E-state index is 13.2. The van der Waals surface area contributed by atoms with Crippen LogP contribution in [0.4, 0.5) is 10.1 Å². The highest BCUT2D eigenvalue weighted by molar-refractivity contribution is 9.10. The molecule has 5 heteroatoms. The van der Waals surface area contributed by atoms with Gasteiger partial charge in [-0.2, -0.15) is 0 Å². The second-order valence-corrected chi connectivity index (χ2v) is 3.12. The molecular formula is C8H9BrFNO2. The third-order valence-electron chi connectivity index (χ3n) is 1.61. The molecule has 1 aromatic carbocycles. The minimum absolute atomic E-state index is 0.0174. The number of benzene rings is 1. The van der Waals surface area contributed by atoms with Crippen LogP contribution in [0.15, 0.2) is 10.5 Å². The van der Waals surface area contributed by atoms with E-state index in [9.17, 15) is 4.39 Å². The highest BCUT2D eigenvalue weighted by Gasteiger charge is 2.14. The lowest BCUT2D eigenvalue weighted by molar-refractivity contribution is 0.374. The summed E-state index contributed by atoms with van der Waals surface area (Å²) < 4.78 is 23.4. The van der Waals surface area contributed by atoms with Gasteiger partial charge in [-0.25, -0.2) is 4.39 Å². The Balaban J connectivity index is 3.36. The van der Waals surface area contributed by atoms with Gasteiger partial charge in [-0.05, 0) is 15.9 Å². The van der Waals surface area contributed by atoms with Gasteiger partial charge in [-0.1, -0.05) is 0 Å². The van der Waals surface area contributed by atoms with Crippen molar-refractivity contribution in [2.75, 3.05) is 20.0 Å². The molecule has 0 atom stereocenters. The van der Waals surface area contributed by atoms with E-state index in [1.54, 1.807) is 0 Å². The van der Waals surface area contributed by atoms with Crippen LogP contribution in [-0.2, 0) is 0 Å². The second kappa shape index (κ2) is 3.83. The standard InChI is InChI=1S/C8H9BrFNO2/c1-12-4-3-5(13-2)7(10)8(11)6(4)9/h3H,11H2,1-2H3. The SMILES string of the molecule is COc1cc(OC)c(Br)c(N)c1F. The van der Waals surface area contributed by atoms with Crippen molar-refractivity contribution in [3.05, 3.63) is 16.4 Å². The molecule has 0 fully saturated rings. The fraction of sp³-hybridized carbons (Fsp3) is 0.250. The van der Waals surface area contributed by atoms with E-state index in [4.69, 9.17) is 15.2 Å². The van der Waals surface area contributed by atoms with Crippen LogP contribution in [0.1, 0.15) is 0 Å². The Bertz CT molecular complexity index is 302. The Hall–Kier alpha value is -0.970. The summed E-state index contributed by atoms with van der Waals surface area (Å²) in [7, 11) is 2.84. The van der Waals surface area contributed by atoms with E-state index in [2.05, 4.69) is 15.9 Å². The van der Waals surface area contributed by atoms with Crippen molar-refractivity contribution in [3.63, 3.8) is 0 Å². The lowest BCUT2D eigenvalue weighted by atomic mass is 10.2. The number of nitrogen functional groups attached to an aromatic ring is 1. The van der Waals surface area contributed by atoms with Crippen LogP contribution in [0.25, 0.3) is 0 Å². The van der Waals surface area contributed by atoms with E-state index in [0.29, 0.717) is 10.2 Å². The van der Waals surface area contributed by atoms with Crippen molar-refractivity contribution in [1.82, 2.24) is 0 Å². The first-order chi connectivity index (χ1) is 6.11. The van der Waals surface area contributed by atoms with Gasteiger partial charge in [0.1, 0.15) is 5.75 Å². The maximum Gasteiger partial charge on any atom is 0.189 e. The van der Waals surface area contributed by atoms with Gasteiger partial charge in [0.25, 0.3) is 0 Å². The van der Waals surface area contributed by atoms with Crippen molar-refractivity contribution < 1.29 is 13.9 Å². The second-order valence-electron chi connectivity index (χ2n) is 2.32.